The zero-order chi connectivity index (χ0) is 12.5. The summed E-state index contributed by atoms with van der Waals surface area (Å²) in [6, 6.07) is 0. The first-order valence-electron chi connectivity index (χ1n) is 7.31. The lowest BCUT2D eigenvalue weighted by Gasteiger charge is -2.35. The van der Waals surface area contributed by atoms with Crippen molar-refractivity contribution in [3.05, 3.63) is 0 Å². The Balaban J connectivity index is 2.58. The van der Waals surface area contributed by atoms with Gasteiger partial charge in [-0.1, -0.05) is 45.4 Å². The third-order valence-electron chi connectivity index (χ3n) is 4.26. The fourth-order valence-corrected chi connectivity index (χ4v) is 3.42. The van der Waals surface area contributed by atoms with Crippen LogP contribution in [-0.2, 0) is 9.47 Å². The van der Waals surface area contributed by atoms with Gasteiger partial charge in [0.05, 0.1) is 0 Å². The normalized spacial score (nSPS) is 21.4. The zero-order valence-electron chi connectivity index (χ0n) is 11.9. The smallest absolute Gasteiger partial charge is 0.0496 e. The Kier molecular flexibility index (Phi) is 7.87. The third-order valence-corrected chi connectivity index (χ3v) is 4.26. The third kappa shape index (κ3) is 4.97. The molecule has 0 heterocycles. The first-order chi connectivity index (χ1) is 8.33. The topological polar surface area (TPSA) is 18.5 Å². The van der Waals surface area contributed by atoms with Crippen LogP contribution in [0.4, 0.5) is 0 Å². The largest absolute Gasteiger partial charge is 0.384 e. The minimum absolute atomic E-state index is 0.688. The molecule has 0 saturated heterocycles. The highest BCUT2D eigenvalue weighted by atomic mass is 16.5. The van der Waals surface area contributed by atoms with Gasteiger partial charge in [-0.15, -0.1) is 0 Å². The molecule has 17 heavy (non-hydrogen) atoms. The molecule has 1 aliphatic rings. The summed E-state index contributed by atoms with van der Waals surface area (Å²) < 4.78 is 10.9. The molecule has 0 aromatic rings. The second-order valence-corrected chi connectivity index (χ2v) is 5.52. The van der Waals surface area contributed by atoms with E-state index in [1.807, 2.05) is 14.2 Å². The lowest BCUT2D eigenvalue weighted by molar-refractivity contribution is 0.0261. The van der Waals surface area contributed by atoms with Gasteiger partial charge in [0.15, 0.2) is 0 Å². The van der Waals surface area contributed by atoms with Crippen LogP contribution in [0.15, 0.2) is 0 Å². The van der Waals surface area contributed by atoms with Gasteiger partial charge in [0.25, 0.3) is 0 Å². The Morgan fingerprint density at radius 1 is 1.00 bits per heavy atom. The molecule has 0 aromatic carbocycles. The molecule has 0 bridgehead atoms. The van der Waals surface area contributed by atoms with Crippen molar-refractivity contribution in [2.24, 2.45) is 17.8 Å². The second-order valence-electron chi connectivity index (χ2n) is 5.52. The van der Waals surface area contributed by atoms with Gasteiger partial charge in [-0.3, -0.25) is 0 Å². The number of methoxy groups -OCH3 is 2. The summed E-state index contributed by atoms with van der Waals surface area (Å²) in [4.78, 5) is 0. The average molecular weight is 242 g/mol. The molecule has 0 aliphatic heterocycles. The van der Waals surface area contributed by atoms with Crippen molar-refractivity contribution in [1.82, 2.24) is 0 Å². The maximum absolute atomic E-state index is 5.48. The maximum Gasteiger partial charge on any atom is 0.0496 e. The fourth-order valence-electron chi connectivity index (χ4n) is 3.42. The van der Waals surface area contributed by atoms with Gasteiger partial charge >= 0.3 is 0 Å². The van der Waals surface area contributed by atoms with Crippen LogP contribution in [0.5, 0.6) is 0 Å². The van der Waals surface area contributed by atoms with Gasteiger partial charge < -0.3 is 9.47 Å². The van der Waals surface area contributed by atoms with Crippen LogP contribution in [0.1, 0.15) is 51.9 Å². The minimum Gasteiger partial charge on any atom is -0.384 e. The highest BCUT2D eigenvalue weighted by Crippen LogP contribution is 2.36. The molecule has 2 unspecified atom stereocenters. The van der Waals surface area contributed by atoms with Crippen LogP contribution in [0, 0.1) is 17.8 Å². The number of hydrogen-bond acceptors (Lipinski definition) is 2. The second kappa shape index (κ2) is 8.93. The lowest BCUT2D eigenvalue weighted by Crippen LogP contribution is -2.31. The van der Waals surface area contributed by atoms with Crippen LogP contribution < -0.4 is 0 Å². The molecule has 0 aromatic heterocycles. The van der Waals surface area contributed by atoms with E-state index in [0.29, 0.717) is 11.8 Å². The Hall–Kier alpha value is -0.0800. The predicted octanol–water partition coefficient (Wildman–Crippen LogP) is 3.89. The summed E-state index contributed by atoms with van der Waals surface area (Å²) in [7, 11) is 3.67. The van der Waals surface area contributed by atoms with E-state index < -0.39 is 0 Å². The molecule has 2 atom stereocenters. The molecule has 0 spiro atoms. The quantitative estimate of drug-likeness (QED) is 0.643. The predicted molar refractivity (Wildman–Crippen MR) is 72.2 cm³/mol. The molecular weight excluding hydrogens is 212 g/mol. The van der Waals surface area contributed by atoms with Gasteiger partial charge in [0, 0.05) is 27.4 Å². The van der Waals surface area contributed by atoms with Crippen molar-refractivity contribution < 1.29 is 9.47 Å². The van der Waals surface area contributed by atoms with Crippen LogP contribution in [0.2, 0.25) is 0 Å². The van der Waals surface area contributed by atoms with E-state index in [-0.39, 0.29) is 0 Å². The minimum atomic E-state index is 0.688. The van der Waals surface area contributed by atoms with E-state index in [2.05, 4.69) is 6.92 Å². The molecule has 2 heteroatoms. The summed E-state index contributed by atoms with van der Waals surface area (Å²) >= 11 is 0. The summed E-state index contributed by atoms with van der Waals surface area (Å²) in [6.07, 6.45) is 9.58. The van der Waals surface area contributed by atoms with Crippen molar-refractivity contribution in [2.45, 2.75) is 51.9 Å². The van der Waals surface area contributed by atoms with Crippen LogP contribution >= 0.6 is 0 Å². The van der Waals surface area contributed by atoms with Gasteiger partial charge in [0.1, 0.15) is 0 Å². The van der Waals surface area contributed by atoms with E-state index >= 15 is 0 Å². The molecule has 0 N–H and O–H groups in total. The lowest BCUT2D eigenvalue weighted by atomic mass is 9.73. The van der Waals surface area contributed by atoms with Gasteiger partial charge in [-0.25, -0.2) is 0 Å². The van der Waals surface area contributed by atoms with E-state index in [1.165, 1.54) is 44.9 Å². The van der Waals surface area contributed by atoms with E-state index in [9.17, 15) is 0 Å². The number of ether oxygens (including phenoxy) is 2. The van der Waals surface area contributed by atoms with Crippen molar-refractivity contribution >= 4 is 0 Å². The van der Waals surface area contributed by atoms with Crippen LogP contribution in [0.3, 0.4) is 0 Å². The molecule has 1 fully saturated rings. The van der Waals surface area contributed by atoms with E-state index in [1.54, 1.807) is 0 Å². The summed E-state index contributed by atoms with van der Waals surface area (Å²) in [6.45, 7) is 4.09. The first kappa shape index (κ1) is 15.0. The monoisotopic (exact) mass is 242 g/mol. The number of hydrogen-bond donors (Lipinski definition) is 0. The molecule has 102 valence electrons. The highest BCUT2D eigenvalue weighted by Gasteiger charge is 2.29. The van der Waals surface area contributed by atoms with Crippen molar-refractivity contribution in [3.63, 3.8) is 0 Å². The Labute approximate surface area is 107 Å². The van der Waals surface area contributed by atoms with Crippen LogP contribution in [0.25, 0.3) is 0 Å². The first-order valence-corrected chi connectivity index (χ1v) is 7.31. The summed E-state index contributed by atoms with van der Waals surface area (Å²) in [5.41, 5.74) is 0. The molecule has 2 nitrogen and oxygen atoms in total. The maximum atomic E-state index is 5.48. The fraction of sp³-hybridized carbons (Fsp3) is 1.00. The Morgan fingerprint density at radius 3 is 2.18 bits per heavy atom. The summed E-state index contributed by atoms with van der Waals surface area (Å²) in [5.74, 6) is 2.27. The van der Waals surface area contributed by atoms with E-state index in [4.69, 9.17) is 9.47 Å². The van der Waals surface area contributed by atoms with E-state index in [0.717, 1.165) is 19.1 Å². The van der Waals surface area contributed by atoms with Gasteiger partial charge in [0.2, 0.25) is 0 Å². The average Bonchev–Trinajstić information content (AvgIpc) is 2.37. The number of rotatable bonds is 8. The Morgan fingerprint density at radius 2 is 1.65 bits per heavy atom. The van der Waals surface area contributed by atoms with Crippen molar-refractivity contribution in [3.8, 4) is 0 Å². The molecule has 1 aliphatic carbocycles. The van der Waals surface area contributed by atoms with Gasteiger partial charge in [-0.05, 0) is 24.2 Å². The molecule has 0 amide bonds. The molecule has 1 saturated carbocycles. The zero-order valence-corrected chi connectivity index (χ0v) is 11.9. The van der Waals surface area contributed by atoms with Crippen molar-refractivity contribution in [1.29, 1.82) is 0 Å². The van der Waals surface area contributed by atoms with Gasteiger partial charge in [-0.2, -0.15) is 0 Å². The SMILES string of the molecule is CCCC(COC)C(COC)C1CCCCC1. The summed E-state index contributed by atoms with van der Waals surface area (Å²) in [5, 5.41) is 0. The van der Waals surface area contributed by atoms with Crippen LogP contribution in [-0.4, -0.2) is 27.4 Å². The molecule has 1 rings (SSSR count). The molecule has 0 radical (unpaired) electrons. The van der Waals surface area contributed by atoms with Crippen molar-refractivity contribution in [2.75, 3.05) is 27.4 Å². The molecular formula is C15H30O2. The standard InChI is InChI=1S/C15H30O2/c1-4-8-14(11-16-2)15(12-17-3)13-9-6-5-7-10-13/h13-15H,4-12H2,1-3H3. The Bertz CT molecular complexity index is 170. The highest BCUT2D eigenvalue weighted by molar-refractivity contribution is 4.79.